The maximum Gasteiger partial charge on any atom is 0.141 e. The molecule has 15 heavy (non-hydrogen) atoms. The first-order valence-corrected chi connectivity index (χ1v) is 5.13. The van der Waals surface area contributed by atoms with E-state index in [2.05, 4.69) is 26.3 Å². The molecule has 1 rings (SSSR count). The molecule has 1 aliphatic heterocycles. The molecule has 0 aliphatic carbocycles. The lowest BCUT2D eigenvalue weighted by Crippen LogP contribution is -2.47. The molecule has 1 N–H and O–H groups in total. The quantitative estimate of drug-likeness (QED) is 0.508. The Morgan fingerprint density at radius 3 is 2.73 bits per heavy atom. The van der Waals surface area contributed by atoms with Crippen molar-refractivity contribution in [3.05, 3.63) is 0 Å². The van der Waals surface area contributed by atoms with Crippen LogP contribution in [0.1, 0.15) is 6.92 Å². The molecule has 0 bridgehead atoms. The second-order valence-corrected chi connectivity index (χ2v) is 3.40. The smallest absolute Gasteiger partial charge is 0.141 e. The highest BCUT2D eigenvalue weighted by Crippen LogP contribution is 1.95. The summed E-state index contributed by atoms with van der Waals surface area (Å²) in [6.07, 6.45) is 1.69. The number of piperazine rings is 1. The van der Waals surface area contributed by atoms with Gasteiger partial charge < -0.3 is 10.2 Å². The highest BCUT2D eigenvalue weighted by molar-refractivity contribution is 6.29. The van der Waals surface area contributed by atoms with Crippen molar-refractivity contribution in [3.8, 4) is 6.07 Å². The van der Waals surface area contributed by atoms with Crippen LogP contribution in [0.15, 0.2) is 9.98 Å². The summed E-state index contributed by atoms with van der Waals surface area (Å²) in [5, 5.41) is 11.9. The van der Waals surface area contributed by atoms with Crippen molar-refractivity contribution in [1.29, 1.82) is 5.26 Å². The minimum absolute atomic E-state index is 0.301. The number of amidine groups is 1. The topological polar surface area (TPSA) is 63.8 Å². The number of nitrogens with zero attached hydrogens (tertiary/aromatic N) is 4. The lowest BCUT2D eigenvalue weighted by atomic mass is 10.3. The van der Waals surface area contributed by atoms with Gasteiger partial charge in [0.1, 0.15) is 11.9 Å². The van der Waals surface area contributed by atoms with Crippen LogP contribution in [0, 0.1) is 11.3 Å². The lowest BCUT2D eigenvalue weighted by Gasteiger charge is -2.28. The van der Waals surface area contributed by atoms with Gasteiger partial charge >= 0.3 is 0 Å². The van der Waals surface area contributed by atoms with E-state index in [9.17, 15) is 0 Å². The maximum absolute atomic E-state index is 8.60. The second kappa shape index (κ2) is 6.14. The molecule has 1 heterocycles. The van der Waals surface area contributed by atoms with E-state index in [0.29, 0.717) is 0 Å². The highest BCUT2D eigenvalue weighted by Gasteiger charge is 2.11. The van der Waals surface area contributed by atoms with Gasteiger partial charge in [0, 0.05) is 33.2 Å². The number of aliphatic imine (C=N–C) groups is 2. The summed E-state index contributed by atoms with van der Waals surface area (Å²) < 4.78 is 0. The van der Waals surface area contributed by atoms with Gasteiger partial charge in [-0.2, -0.15) is 5.26 Å². The van der Waals surface area contributed by atoms with Crippen LogP contribution >= 0.6 is 0 Å². The van der Waals surface area contributed by atoms with Gasteiger partial charge in [0.15, 0.2) is 0 Å². The molecule has 0 amide bonds. The number of nitrogens with one attached hydrogen (secondary N) is 1. The molecule has 1 fully saturated rings. The third-order valence-electron chi connectivity index (χ3n) is 2.27. The predicted molar refractivity (Wildman–Crippen MR) is 61.4 cm³/mol. The van der Waals surface area contributed by atoms with Crippen molar-refractivity contribution >= 4 is 12.1 Å². The van der Waals surface area contributed by atoms with Crippen molar-refractivity contribution in [2.45, 2.75) is 13.0 Å². The molecular weight excluding hydrogens is 190 g/mol. The molecule has 0 spiro atoms. The Hall–Kier alpha value is -1.41. The van der Waals surface area contributed by atoms with Crippen LogP contribution in [-0.2, 0) is 0 Å². The van der Waals surface area contributed by atoms with Crippen molar-refractivity contribution in [2.75, 3.05) is 33.2 Å². The fraction of sp³-hybridized carbons (Fsp3) is 0.700. The molecule has 0 radical (unpaired) electrons. The lowest BCUT2D eigenvalue weighted by molar-refractivity contribution is 0.361. The summed E-state index contributed by atoms with van der Waals surface area (Å²) in [6.45, 7) is 5.60. The Morgan fingerprint density at radius 2 is 2.20 bits per heavy atom. The van der Waals surface area contributed by atoms with Crippen LogP contribution in [0.25, 0.3) is 0 Å². The Balaban J connectivity index is 2.56. The summed E-state index contributed by atoms with van der Waals surface area (Å²) >= 11 is 0. The van der Waals surface area contributed by atoms with Crippen molar-refractivity contribution in [3.63, 3.8) is 0 Å². The molecule has 0 saturated carbocycles. The Bertz CT molecular complexity index is 283. The number of nitriles is 1. The van der Waals surface area contributed by atoms with E-state index in [4.69, 9.17) is 5.26 Å². The van der Waals surface area contributed by atoms with Gasteiger partial charge in [0.05, 0.1) is 12.3 Å². The molecule has 1 atom stereocenters. The third-order valence-corrected chi connectivity index (χ3v) is 2.27. The van der Waals surface area contributed by atoms with Crippen LogP contribution in [0.3, 0.4) is 0 Å². The molecule has 5 nitrogen and oxygen atoms in total. The second-order valence-electron chi connectivity index (χ2n) is 3.40. The van der Waals surface area contributed by atoms with Crippen LogP contribution in [0.4, 0.5) is 0 Å². The summed E-state index contributed by atoms with van der Waals surface area (Å²) in [5.41, 5.74) is 0. The van der Waals surface area contributed by atoms with Gasteiger partial charge in [0.25, 0.3) is 0 Å². The van der Waals surface area contributed by atoms with E-state index in [-0.39, 0.29) is 6.04 Å². The van der Waals surface area contributed by atoms with Crippen LogP contribution < -0.4 is 5.32 Å². The number of hydrogen-bond acceptors (Lipinski definition) is 4. The molecule has 82 valence electrons. The monoisotopic (exact) mass is 207 g/mol. The van der Waals surface area contributed by atoms with E-state index < -0.39 is 0 Å². The molecule has 1 saturated heterocycles. The normalized spacial score (nSPS) is 20.3. The highest BCUT2D eigenvalue weighted by atomic mass is 15.2. The first-order valence-electron chi connectivity index (χ1n) is 5.13. The average Bonchev–Trinajstić information content (AvgIpc) is 2.31. The first kappa shape index (κ1) is 11.7. The first-order chi connectivity index (χ1) is 7.27. The van der Waals surface area contributed by atoms with E-state index >= 15 is 0 Å². The zero-order valence-corrected chi connectivity index (χ0v) is 9.27. The Morgan fingerprint density at radius 1 is 1.53 bits per heavy atom. The fourth-order valence-corrected chi connectivity index (χ4v) is 1.39. The van der Waals surface area contributed by atoms with Gasteiger partial charge in [0.2, 0.25) is 0 Å². The van der Waals surface area contributed by atoms with Gasteiger partial charge in [-0.15, -0.1) is 0 Å². The van der Waals surface area contributed by atoms with Crippen LogP contribution in [-0.4, -0.2) is 56.2 Å². The molecule has 0 aromatic carbocycles. The molecule has 1 unspecified atom stereocenters. The van der Waals surface area contributed by atoms with Gasteiger partial charge in [-0.3, -0.25) is 9.98 Å². The van der Waals surface area contributed by atoms with Crippen molar-refractivity contribution < 1.29 is 0 Å². The van der Waals surface area contributed by atoms with Crippen LogP contribution in [0.2, 0.25) is 0 Å². The minimum Gasteiger partial charge on any atom is -0.353 e. The summed E-state index contributed by atoms with van der Waals surface area (Å²) in [4.78, 5) is 10.5. The zero-order chi connectivity index (χ0) is 11.1. The predicted octanol–water partition coefficient (Wildman–Crippen LogP) is -0.0972. The van der Waals surface area contributed by atoms with E-state index in [0.717, 1.165) is 32.0 Å². The molecular formula is C10H17N5. The van der Waals surface area contributed by atoms with Gasteiger partial charge in [-0.05, 0) is 6.92 Å². The maximum atomic E-state index is 8.60. The summed E-state index contributed by atoms with van der Waals surface area (Å²) in [5.74, 6) is 0.860. The third kappa shape index (κ3) is 3.68. The molecule has 1 aliphatic rings. The summed E-state index contributed by atoms with van der Waals surface area (Å²) in [7, 11) is 1.75. The van der Waals surface area contributed by atoms with E-state index in [1.165, 1.54) is 0 Å². The zero-order valence-electron chi connectivity index (χ0n) is 9.27. The fourth-order valence-electron chi connectivity index (χ4n) is 1.39. The average molecular weight is 207 g/mol. The van der Waals surface area contributed by atoms with Crippen molar-refractivity contribution in [2.24, 2.45) is 9.98 Å². The Kier molecular flexibility index (Phi) is 4.78. The summed E-state index contributed by atoms with van der Waals surface area (Å²) in [6, 6.07) is 1.76. The van der Waals surface area contributed by atoms with Gasteiger partial charge in [-0.1, -0.05) is 0 Å². The largest absolute Gasteiger partial charge is 0.353 e. The van der Waals surface area contributed by atoms with Gasteiger partial charge in [-0.25, -0.2) is 0 Å². The molecule has 0 aromatic rings. The SMILES string of the molecule is CN=C(C=NC(C)C#N)N1CCNCC1. The van der Waals surface area contributed by atoms with E-state index in [1.54, 1.807) is 20.2 Å². The minimum atomic E-state index is -0.301. The standard InChI is InChI=1S/C10H17N5/c1-9(7-11)14-8-10(12-2)15-5-3-13-4-6-15/h8-9,13H,3-6H2,1-2H3. The number of rotatable bonds is 2. The van der Waals surface area contributed by atoms with Crippen LogP contribution in [0.5, 0.6) is 0 Å². The number of hydrogen-bond donors (Lipinski definition) is 1. The van der Waals surface area contributed by atoms with E-state index in [1.807, 2.05) is 0 Å². The Labute approximate surface area is 90.5 Å². The molecule has 0 aromatic heterocycles. The molecule has 5 heteroatoms. The van der Waals surface area contributed by atoms with Crippen molar-refractivity contribution in [1.82, 2.24) is 10.2 Å².